The first-order chi connectivity index (χ1) is 11.6. The molecule has 2 fully saturated rings. The highest BCUT2D eigenvalue weighted by Crippen LogP contribution is 2.45. The summed E-state index contributed by atoms with van der Waals surface area (Å²) >= 11 is 0. The van der Waals surface area contributed by atoms with Crippen molar-refractivity contribution in [3.8, 4) is 0 Å². The fourth-order valence-electron chi connectivity index (χ4n) is 4.76. The zero-order chi connectivity index (χ0) is 16.7. The van der Waals surface area contributed by atoms with Gasteiger partial charge in [-0.2, -0.15) is 0 Å². The molecule has 0 unspecified atom stereocenters. The van der Waals surface area contributed by atoms with Crippen molar-refractivity contribution < 1.29 is 5.11 Å². The van der Waals surface area contributed by atoms with E-state index in [4.69, 9.17) is 4.98 Å². The number of hydrogen-bond donors (Lipinski definition) is 1. The molecule has 2 atom stereocenters. The molecule has 1 saturated heterocycles. The van der Waals surface area contributed by atoms with Gasteiger partial charge in [0.05, 0.1) is 11.6 Å². The van der Waals surface area contributed by atoms with Crippen LogP contribution >= 0.6 is 0 Å². The number of rotatable bonds is 2. The van der Waals surface area contributed by atoms with Crippen molar-refractivity contribution in [2.75, 3.05) is 18.0 Å². The van der Waals surface area contributed by atoms with E-state index in [2.05, 4.69) is 43.0 Å². The van der Waals surface area contributed by atoms with Crippen molar-refractivity contribution in [2.45, 2.75) is 58.5 Å². The Kier molecular flexibility index (Phi) is 4.00. The summed E-state index contributed by atoms with van der Waals surface area (Å²) in [4.78, 5) is 7.37. The lowest BCUT2D eigenvalue weighted by Gasteiger charge is -2.43. The summed E-state index contributed by atoms with van der Waals surface area (Å²) in [5.74, 6) is 1.09. The average molecular weight is 324 g/mol. The van der Waals surface area contributed by atoms with E-state index < -0.39 is 0 Å². The number of anilines is 1. The van der Waals surface area contributed by atoms with Crippen molar-refractivity contribution >= 4 is 16.7 Å². The van der Waals surface area contributed by atoms with Gasteiger partial charge in [-0.25, -0.2) is 4.98 Å². The van der Waals surface area contributed by atoms with Gasteiger partial charge in [0.25, 0.3) is 0 Å². The molecule has 128 valence electrons. The summed E-state index contributed by atoms with van der Waals surface area (Å²) in [6.45, 7) is 6.40. The number of pyridine rings is 1. The van der Waals surface area contributed by atoms with Crippen LogP contribution in [0.1, 0.15) is 50.2 Å². The van der Waals surface area contributed by atoms with Crippen molar-refractivity contribution in [2.24, 2.45) is 5.41 Å². The SMILES string of the molecule is CCc1ccc2nc(N3CCC[C@@]4(CCC[C@H]4O)C3)cc(C)c2c1. The van der Waals surface area contributed by atoms with Gasteiger partial charge in [0.1, 0.15) is 5.82 Å². The molecule has 3 heteroatoms. The number of nitrogens with zero attached hydrogens (tertiary/aromatic N) is 2. The maximum Gasteiger partial charge on any atom is 0.129 e. The molecule has 2 aliphatic rings. The Labute approximate surface area is 144 Å². The van der Waals surface area contributed by atoms with Crippen LogP contribution in [0.15, 0.2) is 24.3 Å². The minimum absolute atomic E-state index is 0.106. The lowest BCUT2D eigenvalue weighted by molar-refractivity contribution is 0.0408. The van der Waals surface area contributed by atoms with Gasteiger partial charge in [-0.3, -0.25) is 0 Å². The van der Waals surface area contributed by atoms with Crippen molar-refractivity contribution in [3.63, 3.8) is 0 Å². The first-order valence-corrected chi connectivity index (χ1v) is 9.45. The smallest absolute Gasteiger partial charge is 0.129 e. The number of fused-ring (bicyclic) bond motifs is 1. The van der Waals surface area contributed by atoms with Crippen molar-refractivity contribution in [1.82, 2.24) is 4.98 Å². The van der Waals surface area contributed by atoms with Gasteiger partial charge in [-0.15, -0.1) is 0 Å². The van der Waals surface area contributed by atoms with E-state index in [0.29, 0.717) is 0 Å². The van der Waals surface area contributed by atoms with Gasteiger partial charge >= 0.3 is 0 Å². The van der Waals surface area contributed by atoms with Gasteiger partial charge in [-0.1, -0.05) is 19.4 Å². The number of aliphatic hydroxyl groups is 1. The zero-order valence-corrected chi connectivity index (χ0v) is 14.9. The Hall–Kier alpha value is -1.61. The number of aromatic nitrogens is 1. The van der Waals surface area contributed by atoms with Crippen LogP contribution in [-0.2, 0) is 6.42 Å². The third kappa shape index (κ3) is 2.59. The molecule has 1 N–H and O–H groups in total. The summed E-state index contributed by atoms with van der Waals surface area (Å²) < 4.78 is 0. The van der Waals surface area contributed by atoms with Crippen LogP contribution in [0.4, 0.5) is 5.82 Å². The minimum Gasteiger partial charge on any atom is -0.392 e. The Morgan fingerprint density at radius 2 is 2.08 bits per heavy atom. The summed E-state index contributed by atoms with van der Waals surface area (Å²) in [6, 6.07) is 8.87. The molecule has 2 heterocycles. The maximum atomic E-state index is 10.5. The van der Waals surface area contributed by atoms with Gasteiger partial charge < -0.3 is 10.0 Å². The van der Waals surface area contributed by atoms with E-state index in [1.54, 1.807) is 0 Å². The molecule has 1 saturated carbocycles. The summed E-state index contributed by atoms with van der Waals surface area (Å²) in [5.41, 5.74) is 3.87. The lowest BCUT2D eigenvalue weighted by Crippen LogP contribution is -2.47. The topological polar surface area (TPSA) is 36.4 Å². The monoisotopic (exact) mass is 324 g/mol. The molecule has 1 aromatic heterocycles. The highest BCUT2D eigenvalue weighted by atomic mass is 16.3. The summed E-state index contributed by atoms with van der Waals surface area (Å²) in [6.07, 6.45) is 6.55. The predicted molar refractivity (Wildman–Crippen MR) is 99.6 cm³/mol. The van der Waals surface area contributed by atoms with Gasteiger partial charge in [0.15, 0.2) is 0 Å². The first-order valence-electron chi connectivity index (χ1n) is 9.45. The molecule has 1 aromatic carbocycles. The zero-order valence-electron chi connectivity index (χ0n) is 14.9. The largest absolute Gasteiger partial charge is 0.392 e. The quantitative estimate of drug-likeness (QED) is 0.898. The highest BCUT2D eigenvalue weighted by Gasteiger charge is 2.44. The molecular weight excluding hydrogens is 296 g/mol. The molecule has 1 spiro atoms. The third-order valence-corrected chi connectivity index (χ3v) is 6.27. The van der Waals surface area contributed by atoms with Crippen molar-refractivity contribution in [3.05, 3.63) is 35.4 Å². The number of aryl methyl sites for hydroxylation is 2. The number of piperidine rings is 1. The second kappa shape index (κ2) is 6.03. The number of benzene rings is 1. The number of aliphatic hydroxyl groups excluding tert-OH is 1. The second-order valence-electron chi connectivity index (χ2n) is 7.80. The molecule has 0 radical (unpaired) electrons. The standard InChI is InChI=1S/C21H28N2O/c1-3-16-7-8-18-17(13-16)15(2)12-20(22-18)23-11-5-10-21(14-23)9-4-6-19(21)24/h7-8,12-13,19,24H,3-6,9-11,14H2,1-2H3/t19-,21+/m1/s1. The molecule has 4 rings (SSSR count). The molecular formula is C21H28N2O. The molecule has 24 heavy (non-hydrogen) atoms. The van der Waals surface area contributed by atoms with E-state index in [9.17, 15) is 5.11 Å². The molecule has 2 aromatic rings. The first kappa shape index (κ1) is 15.9. The molecule has 0 bridgehead atoms. The van der Waals surface area contributed by atoms with E-state index in [1.165, 1.54) is 22.9 Å². The minimum atomic E-state index is -0.131. The van der Waals surface area contributed by atoms with E-state index in [0.717, 1.165) is 56.5 Å². The van der Waals surface area contributed by atoms with Crippen LogP contribution in [0.2, 0.25) is 0 Å². The Morgan fingerprint density at radius 1 is 1.25 bits per heavy atom. The summed E-state index contributed by atoms with van der Waals surface area (Å²) in [5, 5.41) is 11.8. The van der Waals surface area contributed by atoms with Gasteiger partial charge in [0, 0.05) is 23.9 Å². The van der Waals surface area contributed by atoms with E-state index in [1.807, 2.05) is 0 Å². The second-order valence-corrected chi connectivity index (χ2v) is 7.80. The van der Waals surface area contributed by atoms with Crippen LogP contribution in [0.25, 0.3) is 10.9 Å². The Bertz CT molecular complexity index is 757. The van der Waals surface area contributed by atoms with Crippen LogP contribution in [0.5, 0.6) is 0 Å². The van der Waals surface area contributed by atoms with E-state index >= 15 is 0 Å². The Balaban J connectivity index is 1.68. The molecule has 3 nitrogen and oxygen atoms in total. The van der Waals surface area contributed by atoms with Gasteiger partial charge in [0.2, 0.25) is 0 Å². The highest BCUT2D eigenvalue weighted by molar-refractivity contribution is 5.84. The molecule has 0 amide bonds. The average Bonchev–Trinajstić information content (AvgIpc) is 2.94. The van der Waals surface area contributed by atoms with Crippen LogP contribution in [0.3, 0.4) is 0 Å². The van der Waals surface area contributed by atoms with E-state index in [-0.39, 0.29) is 11.5 Å². The van der Waals surface area contributed by atoms with Crippen LogP contribution in [0, 0.1) is 12.3 Å². The van der Waals surface area contributed by atoms with Gasteiger partial charge in [-0.05, 0) is 68.4 Å². The Morgan fingerprint density at radius 3 is 2.83 bits per heavy atom. The number of hydrogen-bond acceptors (Lipinski definition) is 3. The fourth-order valence-corrected chi connectivity index (χ4v) is 4.76. The van der Waals surface area contributed by atoms with Crippen LogP contribution < -0.4 is 4.90 Å². The van der Waals surface area contributed by atoms with Crippen LogP contribution in [-0.4, -0.2) is 29.3 Å². The lowest BCUT2D eigenvalue weighted by atomic mass is 9.76. The molecule has 1 aliphatic heterocycles. The predicted octanol–water partition coefficient (Wildman–Crippen LogP) is 4.24. The molecule has 1 aliphatic carbocycles. The fraction of sp³-hybridized carbons (Fsp3) is 0.571. The third-order valence-electron chi connectivity index (χ3n) is 6.27. The normalized spacial score (nSPS) is 27.3. The maximum absolute atomic E-state index is 10.5. The summed E-state index contributed by atoms with van der Waals surface area (Å²) in [7, 11) is 0. The van der Waals surface area contributed by atoms with Crippen molar-refractivity contribution in [1.29, 1.82) is 0 Å².